The Labute approximate surface area is 131 Å². The molecule has 0 aliphatic heterocycles. The Bertz CT molecular complexity index is 421. The summed E-state index contributed by atoms with van der Waals surface area (Å²) in [4.78, 5) is 0. The second kappa shape index (κ2) is 8.65. The van der Waals surface area contributed by atoms with E-state index in [1.165, 1.54) is 5.56 Å². The van der Waals surface area contributed by atoms with Crippen molar-refractivity contribution in [1.82, 2.24) is 5.32 Å². The molecule has 0 saturated heterocycles. The van der Waals surface area contributed by atoms with E-state index in [-0.39, 0.29) is 6.10 Å². The number of aryl methyl sites for hydroxylation is 1. The summed E-state index contributed by atoms with van der Waals surface area (Å²) >= 11 is 3.56. The Balaban J connectivity index is 2.85. The van der Waals surface area contributed by atoms with Gasteiger partial charge >= 0.3 is 0 Å². The van der Waals surface area contributed by atoms with E-state index in [1.54, 1.807) is 7.11 Å². The molecule has 0 aromatic heterocycles. The highest BCUT2D eigenvalue weighted by atomic mass is 79.9. The number of nitrogens with one attached hydrogen (secondary N) is 1. The molecular formula is C16H26BrNO2. The third kappa shape index (κ3) is 5.81. The van der Waals surface area contributed by atoms with Crippen LogP contribution in [0.2, 0.25) is 0 Å². The van der Waals surface area contributed by atoms with Gasteiger partial charge in [0.1, 0.15) is 5.75 Å². The third-order valence-corrected chi connectivity index (χ3v) is 3.52. The minimum Gasteiger partial charge on any atom is -0.490 e. The molecule has 4 heteroatoms. The summed E-state index contributed by atoms with van der Waals surface area (Å²) in [7, 11) is 1.72. The van der Waals surface area contributed by atoms with Gasteiger partial charge in [0.25, 0.3) is 0 Å². The Morgan fingerprint density at radius 3 is 2.55 bits per heavy atom. The monoisotopic (exact) mass is 343 g/mol. The van der Waals surface area contributed by atoms with Gasteiger partial charge in [0.15, 0.2) is 0 Å². The van der Waals surface area contributed by atoms with Crippen molar-refractivity contribution in [2.24, 2.45) is 0 Å². The normalized spacial score (nSPS) is 12.8. The molecule has 0 amide bonds. The van der Waals surface area contributed by atoms with E-state index in [1.807, 2.05) is 0 Å². The SMILES string of the molecule is COCCC(C)Oc1c(C)cc(Br)cc1CNC(C)C. The molecule has 114 valence electrons. The van der Waals surface area contributed by atoms with Crippen LogP contribution >= 0.6 is 15.9 Å². The van der Waals surface area contributed by atoms with Crippen molar-refractivity contribution in [2.75, 3.05) is 13.7 Å². The summed E-state index contributed by atoms with van der Waals surface area (Å²) in [5.74, 6) is 0.991. The number of rotatable bonds is 8. The van der Waals surface area contributed by atoms with E-state index in [9.17, 15) is 0 Å². The number of ether oxygens (including phenoxy) is 2. The summed E-state index contributed by atoms with van der Waals surface area (Å²) in [5.41, 5.74) is 2.35. The van der Waals surface area contributed by atoms with Crippen molar-refractivity contribution in [1.29, 1.82) is 0 Å². The fraction of sp³-hybridized carbons (Fsp3) is 0.625. The van der Waals surface area contributed by atoms with Crippen LogP contribution in [-0.2, 0) is 11.3 Å². The van der Waals surface area contributed by atoms with E-state index >= 15 is 0 Å². The maximum absolute atomic E-state index is 6.12. The lowest BCUT2D eigenvalue weighted by atomic mass is 10.1. The number of methoxy groups -OCH3 is 1. The fourth-order valence-electron chi connectivity index (χ4n) is 1.96. The number of hydrogen-bond acceptors (Lipinski definition) is 3. The quantitative estimate of drug-likeness (QED) is 0.771. The molecule has 0 spiro atoms. The highest BCUT2D eigenvalue weighted by molar-refractivity contribution is 9.10. The van der Waals surface area contributed by atoms with Crippen LogP contribution in [-0.4, -0.2) is 25.9 Å². The van der Waals surface area contributed by atoms with Crippen molar-refractivity contribution < 1.29 is 9.47 Å². The van der Waals surface area contributed by atoms with Crippen molar-refractivity contribution in [3.8, 4) is 5.75 Å². The van der Waals surface area contributed by atoms with Crippen LogP contribution in [0.4, 0.5) is 0 Å². The molecule has 1 aromatic rings. The van der Waals surface area contributed by atoms with Crippen LogP contribution in [0.3, 0.4) is 0 Å². The van der Waals surface area contributed by atoms with Crippen molar-refractivity contribution in [2.45, 2.75) is 52.8 Å². The number of benzene rings is 1. The largest absolute Gasteiger partial charge is 0.490 e. The standard InChI is InChI=1S/C16H26BrNO2/c1-11(2)18-10-14-9-15(17)8-12(3)16(14)20-13(4)6-7-19-5/h8-9,11,13,18H,6-7,10H2,1-5H3. The first-order valence-electron chi connectivity index (χ1n) is 7.12. The van der Waals surface area contributed by atoms with Crippen LogP contribution in [0.1, 0.15) is 38.3 Å². The molecule has 0 saturated carbocycles. The first kappa shape index (κ1) is 17.5. The Morgan fingerprint density at radius 1 is 1.25 bits per heavy atom. The second-order valence-electron chi connectivity index (χ2n) is 5.46. The summed E-state index contributed by atoms with van der Waals surface area (Å²) in [5, 5.41) is 3.45. The van der Waals surface area contributed by atoms with E-state index < -0.39 is 0 Å². The maximum atomic E-state index is 6.12. The van der Waals surface area contributed by atoms with Crippen molar-refractivity contribution in [3.63, 3.8) is 0 Å². The lowest BCUT2D eigenvalue weighted by Crippen LogP contribution is -2.23. The van der Waals surface area contributed by atoms with Crippen LogP contribution < -0.4 is 10.1 Å². The highest BCUT2D eigenvalue weighted by Gasteiger charge is 2.13. The molecular weight excluding hydrogens is 318 g/mol. The van der Waals surface area contributed by atoms with Gasteiger partial charge in [0.05, 0.1) is 6.10 Å². The van der Waals surface area contributed by atoms with Gasteiger partial charge in [-0.2, -0.15) is 0 Å². The molecule has 0 aliphatic rings. The summed E-state index contributed by atoms with van der Waals surface area (Å²) < 4.78 is 12.3. The van der Waals surface area contributed by atoms with E-state index in [0.29, 0.717) is 6.04 Å². The topological polar surface area (TPSA) is 30.5 Å². The molecule has 0 radical (unpaired) electrons. The van der Waals surface area contributed by atoms with E-state index in [0.717, 1.165) is 35.4 Å². The molecule has 20 heavy (non-hydrogen) atoms. The number of hydrogen-bond donors (Lipinski definition) is 1. The summed E-state index contributed by atoms with van der Waals surface area (Å²) in [6.07, 6.45) is 1.04. The van der Waals surface area contributed by atoms with Crippen molar-refractivity contribution in [3.05, 3.63) is 27.7 Å². The maximum Gasteiger partial charge on any atom is 0.127 e. The van der Waals surface area contributed by atoms with Gasteiger partial charge in [-0.3, -0.25) is 0 Å². The Hall–Kier alpha value is -0.580. The lowest BCUT2D eigenvalue weighted by molar-refractivity contribution is 0.134. The molecule has 3 nitrogen and oxygen atoms in total. The molecule has 0 fully saturated rings. The van der Waals surface area contributed by atoms with Gasteiger partial charge in [-0.1, -0.05) is 29.8 Å². The average molecular weight is 344 g/mol. The first-order valence-corrected chi connectivity index (χ1v) is 7.91. The van der Waals surface area contributed by atoms with E-state index in [4.69, 9.17) is 9.47 Å². The smallest absolute Gasteiger partial charge is 0.127 e. The van der Waals surface area contributed by atoms with Gasteiger partial charge in [-0.05, 0) is 31.5 Å². The molecule has 0 aliphatic carbocycles. The predicted octanol–water partition coefficient (Wildman–Crippen LogP) is 4.06. The van der Waals surface area contributed by atoms with Crippen LogP contribution in [0, 0.1) is 6.92 Å². The molecule has 1 atom stereocenters. The summed E-state index contributed by atoms with van der Waals surface area (Å²) in [6, 6.07) is 4.67. The zero-order valence-electron chi connectivity index (χ0n) is 13.1. The zero-order valence-corrected chi connectivity index (χ0v) is 14.7. The number of halogens is 1. The lowest BCUT2D eigenvalue weighted by Gasteiger charge is -2.20. The highest BCUT2D eigenvalue weighted by Crippen LogP contribution is 2.29. The van der Waals surface area contributed by atoms with Gasteiger partial charge in [0.2, 0.25) is 0 Å². The Morgan fingerprint density at radius 2 is 1.95 bits per heavy atom. The first-order chi connectivity index (χ1) is 9.43. The van der Waals surface area contributed by atoms with Gasteiger partial charge in [0, 0.05) is 42.8 Å². The zero-order chi connectivity index (χ0) is 15.1. The molecule has 1 aromatic carbocycles. The van der Waals surface area contributed by atoms with Crippen LogP contribution in [0.25, 0.3) is 0 Å². The Kier molecular flexibility index (Phi) is 7.56. The van der Waals surface area contributed by atoms with Crippen molar-refractivity contribution >= 4 is 15.9 Å². The molecule has 0 bridgehead atoms. The molecule has 0 heterocycles. The summed E-state index contributed by atoms with van der Waals surface area (Å²) in [6.45, 7) is 9.99. The molecule has 1 rings (SSSR count). The predicted molar refractivity (Wildman–Crippen MR) is 87.4 cm³/mol. The van der Waals surface area contributed by atoms with E-state index in [2.05, 4.69) is 61.1 Å². The van der Waals surface area contributed by atoms with Crippen LogP contribution in [0.5, 0.6) is 5.75 Å². The van der Waals surface area contributed by atoms with Crippen LogP contribution in [0.15, 0.2) is 16.6 Å². The fourth-order valence-corrected chi connectivity index (χ4v) is 2.58. The van der Waals surface area contributed by atoms with Gasteiger partial charge in [-0.15, -0.1) is 0 Å². The average Bonchev–Trinajstić information content (AvgIpc) is 2.37. The minimum absolute atomic E-state index is 0.146. The minimum atomic E-state index is 0.146. The second-order valence-corrected chi connectivity index (χ2v) is 6.37. The van der Waals surface area contributed by atoms with Gasteiger partial charge < -0.3 is 14.8 Å². The molecule has 1 N–H and O–H groups in total. The van der Waals surface area contributed by atoms with Gasteiger partial charge in [-0.25, -0.2) is 0 Å². The molecule has 1 unspecified atom stereocenters. The third-order valence-electron chi connectivity index (χ3n) is 3.06.